The minimum atomic E-state index is -4.29. The Kier molecular flexibility index (Phi) is 11.1. The van der Waals surface area contributed by atoms with Gasteiger partial charge in [-0.05, 0) is 84.0 Å². The summed E-state index contributed by atoms with van der Waals surface area (Å²) in [5.41, 5.74) is 0. The van der Waals surface area contributed by atoms with Crippen molar-refractivity contribution in [3.05, 3.63) is 119 Å². The van der Waals surface area contributed by atoms with Crippen molar-refractivity contribution < 1.29 is 13.0 Å². The van der Waals surface area contributed by atoms with Gasteiger partial charge in [0.05, 0.1) is 11.1 Å². The van der Waals surface area contributed by atoms with Gasteiger partial charge in [-0.2, -0.15) is 0 Å². The van der Waals surface area contributed by atoms with E-state index in [4.69, 9.17) is 0 Å². The van der Waals surface area contributed by atoms with Crippen LogP contribution in [0.25, 0.3) is 0 Å². The molecule has 0 saturated carbocycles. The van der Waals surface area contributed by atoms with Crippen molar-refractivity contribution in [3.8, 4) is 0 Å². The zero-order valence-corrected chi connectivity index (χ0v) is 24.3. The SMILES string of the molecule is CCCCCC[P+](c1ccccc1)(c1ccccc1)c1ccccc1.O=S(=O)([O-])c1ccccc1I. The van der Waals surface area contributed by atoms with E-state index in [0.717, 1.165) is 0 Å². The van der Waals surface area contributed by atoms with Crippen molar-refractivity contribution >= 4 is 55.9 Å². The quantitative estimate of drug-likeness (QED) is 0.0890. The van der Waals surface area contributed by atoms with E-state index >= 15 is 0 Å². The molecule has 0 heterocycles. The van der Waals surface area contributed by atoms with Gasteiger partial charge in [0.25, 0.3) is 0 Å². The lowest BCUT2D eigenvalue weighted by Crippen LogP contribution is -2.33. The van der Waals surface area contributed by atoms with E-state index in [0.29, 0.717) is 3.57 Å². The Morgan fingerprint density at radius 3 is 1.42 bits per heavy atom. The molecule has 0 aromatic heterocycles. The Bertz CT molecular complexity index is 1200. The molecule has 0 amide bonds. The first-order valence-corrected chi connectivity index (χ1v) is 16.6. The largest absolute Gasteiger partial charge is 0.744 e. The molecule has 0 aliphatic carbocycles. The first kappa shape index (κ1) is 28.5. The third kappa shape index (κ3) is 7.48. The summed E-state index contributed by atoms with van der Waals surface area (Å²) in [6, 6.07) is 39.7. The minimum absolute atomic E-state index is 0.152. The van der Waals surface area contributed by atoms with E-state index in [-0.39, 0.29) is 4.90 Å². The van der Waals surface area contributed by atoms with Gasteiger partial charge in [0, 0.05) is 3.57 Å². The highest BCUT2D eigenvalue weighted by atomic mass is 127. The van der Waals surface area contributed by atoms with Gasteiger partial charge < -0.3 is 4.55 Å². The predicted molar refractivity (Wildman–Crippen MR) is 161 cm³/mol. The standard InChI is InChI=1S/C24H28P.C6H5IO3S/c1-2-3-4-14-21-25(22-15-8-5-9-16-22,23-17-10-6-11-18-23)24-19-12-7-13-20-24;7-5-3-1-2-4-6(5)11(8,9)10/h5-13,15-20H,2-4,14,21H2,1H3;1-4H,(H,8,9,10)/q+1;/p-1. The molecule has 0 unspecified atom stereocenters. The molecule has 6 heteroatoms. The molecule has 36 heavy (non-hydrogen) atoms. The topological polar surface area (TPSA) is 57.2 Å². The van der Waals surface area contributed by atoms with Crippen LogP contribution < -0.4 is 15.9 Å². The highest BCUT2D eigenvalue weighted by molar-refractivity contribution is 14.1. The smallest absolute Gasteiger partial charge is 0.125 e. The summed E-state index contributed by atoms with van der Waals surface area (Å²) in [7, 11) is -5.88. The van der Waals surface area contributed by atoms with Gasteiger partial charge >= 0.3 is 0 Å². The second-order valence-electron chi connectivity index (χ2n) is 8.49. The Labute approximate surface area is 230 Å². The van der Waals surface area contributed by atoms with Crippen LogP contribution >= 0.6 is 29.9 Å². The molecule has 3 nitrogen and oxygen atoms in total. The van der Waals surface area contributed by atoms with Crippen LogP contribution in [-0.4, -0.2) is 19.1 Å². The monoisotopic (exact) mass is 630 g/mol. The molecule has 4 aromatic rings. The van der Waals surface area contributed by atoms with Gasteiger partial charge in [-0.1, -0.05) is 86.5 Å². The van der Waals surface area contributed by atoms with Crippen molar-refractivity contribution in [2.75, 3.05) is 6.16 Å². The lowest BCUT2D eigenvalue weighted by molar-refractivity contribution is 0.462. The summed E-state index contributed by atoms with van der Waals surface area (Å²) in [5, 5.41) is 4.51. The van der Waals surface area contributed by atoms with Crippen LogP contribution in [0.15, 0.2) is 120 Å². The fraction of sp³-hybridized carbons (Fsp3) is 0.200. The molecule has 0 aliphatic rings. The highest BCUT2D eigenvalue weighted by Crippen LogP contribution is 2.55. The molecule has 0 bridgehead atoms. The van der Waals surface area contributed by atoms with Crippen molar-refractivity contribution in [3.63, 3.8) is 0 Å². The van der Waals surface area contributed by atoms with Crippen molar-refractivity contribution in [2.24, 2.45) is 0 Å². The van der Waals surface area contributed by atoms with E-state index in [1.54, 1.807) is 34.7 Å². The first-order chi connectivity index (χ1) is 17.4. The number of unbranched alkanes of at least 4 members (excludes halogenated alkanes) is 3. The normalized spacial score (nSPS) is 11.4. The summed E-state index contributed by atoms with van der Waals surface area (Å²) in [6.07, 6.45) is 6.49. The third-order valence-electron chi connectivity index (χ3n) is 6.04. The van der Waals surface area contributed by atoms with Gasteiger partial charge in [0.15, 0.2) is 0 Å². The van der Waals surface area contributed by atoms with Gasteiger partial charge in [-0.15, -0.1) is 0 Å². The van der Waals surface area contributed by atoms with Crippen LogP contribution in [0.3, 0.4) is 0 Å². The van der Waals surface area contributed by atoms with Crippen LogP contribution in [0.1, 0.15) is 32.6 Å². The maximum Gasteiger partial charge on any atom is 0.125 e. The second-order valence-corrected chi connectivity index (χ2v) is 14.6. The van der Waals surface area contributed by atoms with Gasteiger partial charge in [-0.3, -0.25) is 0 Å². The maximum absolute atomic E-state index is 10.5. The molecule has 0 N–H and O–H groups in total. The molecule has 0 fully saturated rings. The van der Waals surface area contributed by atoms with Crippen LogP contribution in [0.2, 0.25) is 0 Å². The average molecular weight is 631 g/mol. The number of rotatable bonds is 9. The van der Waals surface area contributed by atoms with Gasteiger partial charge in [-0.25, -0.2) is 8.42 Å². The fourth-order valence-corrected chi connectivity index (χ4v) is 10.5. The predicted octanol–water partition coefficient (Wildman–Crippen LogP) is 6.76. The Morgan fingerprint density at radius 2 is 1.06 bits per heavy atom. The maximum atomic E-state index is 10.5. The lowest BCUT2D eigenvalue weighted by Gasteiger charge is -2.27. The zero-order chi connectivity index (χ0) is 25.9. The summed E-state index contributed by atoms with van der Waals surface area (Å²) in [6.45, 7) is 2.29. The summed E-state index contributed by atoms with van der Waals surface area (Å²) in [5.74, 6) is 0. The molecule has 4 aromatic carbocycles. The average Bonchev–Trinajstić information content (AvgIpc) is 2.90. The van der Waals surface area contributed by atoms with Crippen molar-refractivity contribution in [2.45, 2.75) is 37.5 Å². The summed E-state index contributed by atoms with van der Waals surface area (Å²) >= 11 is 1.81. The van der Waals surface area contributed by atoms with E-state index in [1.807, 2.05) is 0 Å². The van der Waals surface area contributed by atoms with E-state index in [1.165, 1.54) is 59.9 Å². The number of benzene rings is 4. The van der Waals surface area contributed by atoms with Crippen LogP contribution in [-0.2, 0) is 10.1 Å². The van der Waals surface area contributed by atoms with Crippen LogP contribution in [0, 0.1) is 3.57 Å². The fourth-order valence-electron chi connectivity index (χ4n) is 4.31. The molecule has 4 rings (SSSR count). The lowest BCUT2D eigenvalue weighted by atomic mass is 10.2. The van der Waals surface area contributed by atoms with E-state index in [2.05, 4.69) is 97.9 Å². The molecule has 188 valence electrons. The first-order valence-electron chi connectivity index (χ1n) is 12.1. The number of hydrogen-bond donors (Lipinski definition) is 0. The number of halogens is 1. The second kappa shape index (κ2) is 14.0. The van der Waals surface area contributed by atoms with Crippen molar-refractivity contribution in [1.29, 1.82) is 0 Å². The molecule has 0 saturated heterocycles. The number of hydrogen-bond acceptors (Lipinski definition) is 3. The molecule has 0 atom stereocenters. The molecular formula is C30H32IO3PS. The Morgan fingerprint density at radius 1 is 0.639 bits per heavy atom. The molecular weight excluding hydrogens is 598 g/mol. The van der Waals surface area contributed by atoms with Crippen LogP contribution in [0.4, 0.5) is 0 Å². The van der Waals surface area contributed by atoms with Gasteiger partial charge in [0.2, 0.25) is 0 Å². The van der Waals surface area contributed by atoms with E-state index < -0.39 is 17.4 Å². The Balaban J connectivity index is 0.000000275. The highest BCUT2D eigenvalue weighted by Gasteiger charge is 2.44. The third-order valence-corrected chi connectivity index (χ3v) is 12.8. The minimum Gasteiger partial charge on any atom is -0.744 e. The molecule has 0 radical (unpaired) electrons. The Hall–Kier alpha value is -2.05. The summed E-state index contributed by atoms with van der Waals surface area (Å²) in [4.78, 5) is -0.152. The van der Waals surface area contributed by atoms with E-state index in [9.17, 15) is 13.0 Å². The zero-order valence-electron chi connectivity index (χ0n) is 20.5. The molecule has 0 spiro atoms. The van der Waals surface area contributed by atoms with Gasteiger partial charge in [0.1, 0.15) is 33.3 Å². The molecule has 0 aliphatic heterocycles. The van der Waals surface area contributed by atoms with Crippen molar-refractivity contribution in [1.82, 2.24) is 0 Å². The van der Waals surface area contributed by atoms with Crippen LogP contribution in [0.5, 0.6) is 0 Å². The summed E-state index contributed by atoms with van der Waals surface area (Å²) < 4.78 is 31.9.